The van der Waals surface area contributed by atoms with E-state index in [0.717, 1.165) is 29.5 Å². The lowest BCUT2D eigenvalue weighted by Crippen LogP contribution is -2.38. The molecule has 3 atom stereocenters. The molecule has 1 fully saturated rings. The van der Waals surface area contributed by atoms with E-state index in [1.54, 1.807) is 0 Å². The average Bonchev–Trinajstić information content (AvgIpc) is 2.87. The molecule has 0 aromatic heterocycles. The monoisotopic (exact) mass is 389 g/mol. The van der Waals surface area contributed by atoms with Gasteiger partial charge in [-0.3, -0.25) is 9.69 Å². The number of benzene rings is 1. The number of carbonyl (C=O) groups excluding carboxylic acids is 1. The topological polar surface area (TPSA) is 58.4 Å². The first-order valence-corrected chi connectivity index (χ1v) is 8.27. The summed E-state index contributed by atoms with van der Waals surface area (Å²) in [6, 6.07) is 8.27. The zero-order valence-corrected chi connectivity index (χ0v) is 15.5. The van der Waals surface area contributed by atoms with Gasteiger partial charge in [0.1, 0.15) is 0 Å². The van der Waals surface area contributed by atoms with Crippen LogP contribution < -0.4 is 11.1 Å². The van der Waals surface area contributed by atoms with Gasteiger partial charge in [-0.15, -0.1) is 12.4 Å². The Morgan fingerprint density at radius 3 is 2.59 bits per heavy atom. The van der Waals surface area contributed by atoms with Crippen LogP contribution in [-0.2, 0) is 4.79 Å². The first kappa shape index (κ1) is 19.4. The van der Waals surface area contributed by atoms with Crippen molar-refractivity contribution < 1.29 is 4.79 Å². The average molecular weight is 391 g/mol. The van der Waals surface area contributed by atoms with Gasteiger partial charge in [0.2, 0.25) is 5.91 Å². The third kappa shape index (κ3) is 5.54. The van der Waals surface area contributed by atoms with Gasteiger partial charge in [0.15, 0.2) is 0 Å². The van der Waals surface area contributed by atoms with E-state index >= 15 is 0 Å². The normalized spacial score (nSPS) is 21.0. The number of nitrogens with two attached hydrogens (primary N) is 1. The van der Waals surface area contributed by atoms with E-state index in [4.69, 9.17) is 5.73 Å². The van der Waals surface area contributed by atoms with Gasteiger partial charge in [0, 0.05) is 17.1 Å². The largest absolute Gasteiger partial charge is 0.348 e. The maximum atomic E-state index is 12.1. The van der Waals surface area contributed by atoms with Crippen LogP contribution in [0.25, 0.3) is 0 Å². The number of nitrogens with zero attached hydrogens (tertiary/aromatic N) is 1. The minimum Gasteiger partial charge on any atom is -0.348 e. The van der Waals surface area contributed by atoms with Gasteiger partial charge in [-0.2, -0.15) is 0 Å². The van der Waals surface area contributed by atoms with Crippen molar-refractivity contribution in [2.24, 2.45) is 11.7 Å². The Labute approximate surface area is 147 Å². The molecule has 1 amide bonds. The van der Waals surface area contributed by atoms with Gasteiger partial charge in [-0.05, 0) is 50.4 Å². The van der Waals surface area contributed by atoms with E-state index in [1.165, 1.54) is 0 Å². The number of carbonyl (C=O) groups is 1. The number of nitrogens with one attached hydrogen (secondary N) is 1. The molecule has 1 saturated heterocycles. The molecular weight excluding hydrogens is 366 g/mol. The van der Waals surface area contributed by atoms with Gasteiger partial charge in [0.05, 0.1) is 12.6 Å². The number of hydrogen-bond acceptors (Lipinski definition) is 3. The summed E-state index contributed by atoms with van der Waals surface area (Å²) in [5.41, 5.74) is 7.04. The molecule has 0 saturated carbocycles. The summed E-state index contributed by atoms with van der Waals surface area (Å²) < 4.78 is 1.05. The van der Waals surface area contributed by atoms with Gasteiger partial charge in [-0.25, -0.2) is 0 Å². The fourth-order valence-electron chi connectivity index (χ4n) is 2.76. The number of rotatable bonds is 5. The van der Waals surface area contributed by atoms with Crippen molar-refractivity contribution in [1.82, 2.24) is 10.2 Å². The van der Waals surface area contributed by atoms with E-state index in [2.05, 4.69) is 26.1 Å². The Hall–Kier alpha value is -0.620. The van der Waals surface area contributed by atoms with Crippen LogP contribution in [0.3, 0.4) is 0 Å². The second-order valence-corrected chi connectivity index (χ2v) is 6.90. The summed E-state index contributed by atoms with van der Waals surface area (Å²) in [5, 5.41) is 3.06. The molecule has 1 heterocycles. The van der Waals surface area contributed by atoms with Crippen LogP contribution in [0.4, 0.5) is 0 Å². The van der Waals surface area contributed by atoms with Crippen LogP contribution >= 0.6 is 28.3 Å². The molecule has 0 aliphatic carbocycles. The SMILES string of the molecule is CC(NC(=O)CN1CCC(C(C)N)C1)c1ccc(Br)cc1.Cl. The Morgan fingerprint density at radius 1 is 1.41 bits per heavy atom. The standard InChI is InChI=1S/C16H24BrN3O.ClH/c1-11(18)14-7-8-20(9-14)10-16(21)19-12(2)13-3-5-15(17)6-4-13;/h3-6,11-12,14H,7-10,18H2,1-2H3,(H,19,21);1H. The zero-order valence-electron chi connectivity index (χ0n) is 13.1. The van der Waals surface area contributed by atoms with E-state index in [0.29, 0.717) is 12.5 Å². The van der Waals surface area contributed by atoms with Gasteiger partial charge < -0.3 is 11.1 Å². The highest BCUT2D eigenvalue weighted by atomic mass is 79.9. The van der Waals surface area contributed by atoms with Crippen LogP contribution in [0.5, 0.6) is 0 Å². The Bertz CT molecular complexity index is 481. The lowest BCUT2D eigenvalue weighted by Gasteiger charge is -2.19. The lowest BCUT2D eigenvalue weighted by atomic mass is 10.0. The van der Waals surface area contributed by atoms with E-state index in [1.807, 2.05) is 38.1 Å². The van der Waals surface area contributed by atoms with E-state index in [-0.39, 0.29) is 30.4 Å². The molecule has 22 heavy (non-hydrogen) atoms. The first-order valence-electron chi connectivity index (χ1n) is 7.48. The van der Waals surface area contributed by atoms with Crippen LogP contribution in [0.1, 0.15) is 31.9 Å². The van der Waals surface area contributed by atoms with Crippen LogP contribution in [-0.4, -0.2) is 36.5 Å². The summed E-state index contributed by atoms with van der Waals surface area (Å²) >= 11 is 3.42. The smallest absolute Gasteiger partial charge is 0.234 e. The van der Waals surface area contributed by atoms with Crippen molar-refractivity contribution in [2.45, 2.75) is 32.4 Å². The number of likely N-dealkylation sites (tertiary alicyclic amines) is 1. The summed E-state index contributed by atoms with van der Waals surface area (Å²) in [7, 11) is 0. The molecule has 1 aliphatic heterocycles. The maximum absolute atomic E-state index is 12.1. The zero-order chi connectivity index (χ0) is 15.4. The summed E-state index contributed by atoms with van der Waals surface area (Å²) in [6.45, 7) is 6.41. The molecule has 3 unspecified atom stereocenters. The molecule has 1 aromatic rings. The number of amides is 1. The second-order valence-electron chi connectivity index (χ2n) is 5.98. The van der Waals surface area contributed by atoms with Crippen LogP contribution in [0.2, 0.25) is 0 Å². The summed E-state index contributed by atoms with van der Waals surface area (Å²) in [6.07, 6.45) is 1.09. The van der Waals surface area contributed by atoms with Crippen molar-refractivity contribution >= 4 is 34.2 Å². The van der Waals surface area contributed by atoms with Crippen molar-refractivity contribution in [3.63, 3.8) is 0 Å². The van der Waals surface area contributed by atoms with Crippen LogP contribution in [0.15, 0.2) is 28.7 Å². The minimum atomic E-state index is 0. The highest BCUT2D eigenvalue weighted by Gasteiger charge is 2.26. The Balaban J connectivity index is 0.00000242. The quantitative estimate of drug-likeness (QED) is 0.813. The van der Waals surface area contributed by atoms with Gasteiger partial charge >= 0.3 is 0 Å². The highest BCUT2D eigenvalue weighted by Crippen LogP contribution is 2.19. The molecule has 0 radical (unpaired) electrons. The molecule has 0 spiro atoms. The molecule has 124 valence electrons. The molecule has 3 N–H and O–H groups in total. The molecule has 1 aliphatic rings. The lowest BCUT2D eigenvalue weighted by molar-refractivity contribution is -0.122. The third-order valence-electron chi connectivity index (χ3n) is 4.17. The second kappa shape index (κ2) is 8.87. The maximum Gasteiger partial charge on any atom is 0.234 e. The summed E-state index contributed by atoms with van der Waals surface area (Å²) in [4.78, 5) is 14.3. The Kier molecular flexibility index (Phi) is 7.83. The molecule has 4 nitrogen and oxygen atoms in total. The molecular formula is C16H25BrClN3O. The van der Waals surface area contributed by atoms with Crippen molar-refractivity contribution in [3.05, 3.63) is 34.3 Å². The molecule has 0 bridgehead atoms. The number of halogens is 2. The summed E-state index contributed by atoms with van der Waals surface area (Å²) in [5.74, 6) is 0.595. The van der Waals surface area contributed by atoms with Crippen molar-refractivity contribution in [1.29, 1.82) is 0 Å². The van der Waals surface area contributed by atoms with Crippen molar-refractivity contribution in [2.75, 3.05) is 19.6 Å². The predicted molar refractivity (Wildman–Crippen MR) is 96.1 cm³/mol. The first-order chi connectivity index (χ1) is 9.95. The van der Waals surface area contributed by atoms with Crippen LogP contribution in [0, 0.1) is 5.92 Å². The third-order valence-corrected chi connectivity index (χ3v) is 4.70. The van der Waals surface area contributed by atoms with E-state index < -0.39 is 0 Å². The highest BCUT2D eigenvalue weighted by molar-refractivity contribution is 9.10. The van der Waals surface area contributed by atoms with Crippen molar-refractivity contribution in [3.8, 4) is 0 Å². The molecule has 1 aromatic carbocycles. The fraction of sp³-hybridized carbons (Fsp3) is 0.562. The Morgan fingerprint density at radius 2 is 2.05 bits per heavy atom. The van der Waals surface area contributed by atoms with Gasteiger partial charge in [-0.1, -0.05) is 28.1 Å². The van der Waals surface area contributed by atoms with Gasteiger partial charge in [0.25, 0.3) is 0 Å². The van der Waals surface area contributed by atoms with E-state index in [9.17, 15) is 4.79 Å². The molecule has 6 heteroatoms. The molecule has 2 rings (SSSR count). The fourth-order valence-corrected chi connectivity index (χ4v) is 3.02. The minimum absolute atomic E-state index is 0. The predicted octanol–water partition coefficient (Wildman–Crippen LogP) is 2.72. The number of hydrogen-bond donors (Lipinski definition) is 2.